The number of carbonyl (C=O) groups is 1. The molecule has 2 aromatic rings. The number of aromatic carboxylic acids is 1. The molecule has 0 unspecified atom stereocenters. The fourth-order valence-electron chi connectivity index (χ4n) is 1.53. The summed E-state index contributed by atoms with van der Waals surface area (Å²) in [5, 5.41) is 10.7. The van der Waals surface area contributed by atoms with Gasteiger partial charge in [0.15, 0.2) is 0 Å². The van der Waals surface area contributed by atoms with E-state index < -0.39 is 5.97 Å². The summed E-state index contributed by atoms with van der Waals surface area (Å²) in [4.78, 5) is 11.0. The first kappa shape index (κ1) is 11.2. The topological polar surface area (TPSA) is 63.3 Å². The molecule has 0 heterocycles. The van der Waals surface area contributed by atoms with Gasteiger partial charge in [-0.3, -0.25) is 0 Å². The predicted octanol–water partition coefficient (Wildman–Crippen LogP) is 3.54. The lowest BCUT2D eigenvalue weighted by molar-refractivity contribution is 0.0698. The number of anilines is 1. The van der Waals surface area contributed by atoms with E-state index in [2.05, 4.69) is 15.9 Å². The van der Waals surface area contributed by atoms with Crippen LogP contribution in [0.4, 0.5) is 5.69 Å². The van der Waals surface area contributed by atoms with Crippen LogP contribution in [0.15, 0.2) is 28.7 Å². The fourth-order valence-corrected chi connectivity index (χ4v) is 2.18. The Morgan fingerprint density at radius 2 is 2.06 bits per heavy atom. The van der Waals surface area contributed by atoms with Crippen molar-refractivity contribution in [3.8, 4) is 0 Å². The molecule has 0 atom stereocenters. The third-order valence-corrected chi connectivity index (χ3v) is 3.21. The third kappa shape index (κ3) is 1.74. The van der Waals surface area contributed by atoms with Crippen LogP contribution in [0.5, 0.6) is 0 Å². The van der Waals surface area contributed by atoms with Crippen molar-refractivity contribution < 1.29 is 9.90 Å². The molecule has 0 bridgehead atoms. The highest BCUT2D eigenvalue weighted by atomic mass is 79.9. The van der Waals surface area contributed by atoms with Crippen LogP contribution >= 0.6 is 27.5 Å². The second-order valence-electron chi connectivity index (χ2n) is 3.32. The maximum absolute atomic E-state index is 11.0. The molecule has 0 spiro atoms. The van der Waals surface area contributed by atoms with Gasteiger partial charge >= 0.3 is 5.97 Å². The number of fused-ring (bicyclic) bond motifs is 1. The number of carboxylic acid groups (broad SMARTS) is 1. The molecule has 3 N–H and O–H groups in total. The van der Waals surface area contributed by atoms with Gasteiger partial charge in [0.05, 0.1) is 16.3 Å². The van der Waals surface area contributed by atoms with Gasteiger partial charge in [-0.2, -0.15) is 0 Å². The van der Waals surface area contributed by atoms with Crippen molar-refractivity contribution in [2.75, 3.05) is 5.73 Å². The average molecular weight is 301 g/mol. The van der Waals surface area contributed by atoms with Crippen LogP contribution in [-0.4, -0.2) is 11.1 Å². The number of hydrogen-bond acceptors (Lipinski definition) is 2. The molecule has 2 aromatic carbocycles. The molecule has 0 aliphatic carbocycles. The minimum absolute atomic E-state index is 0.0237. The predicted molar refractivity (Wildman–Crippen MR) is 68.0 cm³/mol. The Balaban J connectivity index is 2.88. The average Bonchev–Trinajstić information content (AvgIpc) is 2.22. The number of carboxylic acids is 1. The standard InChI is InChI=1S/C11H7BrClNO2/c12-6-1-2-7-5(3-6)4-8(11(15)16)10(14)9(7)13/h1-4H,14H2,(H,15,16). The van der Waals surface area contributed by atoms with Crippen molar-refractivity contribution >= 4 is 50.0 Å². The highest BCUT2D eigenvalue weighted by Gasteiger charge is 2.14. The van der Waals surface area contributed by atoms with Gasteiger partial charge < -0.3 is 10.8 Å². The van der Waals surface area contributed by atoms with E-state index in [1.807, 2.05) is 6.07 Å². The Morgan fingerprint density at radius 1 is 1.38 bits per heavy atom. The minimum Gasteiger partial charge on any atom is -0.478 e. The van der Waals surface area contributed by atoms with Crippen molar-refractivity contribution in [3.05, 3.63) is 39.3 Å². The second kappa shape index (κ2) is 3.96. The molecule has 82 valence electrons. The molecule has 5 heteroatoms. The van der Waals surface area contributed by atoms with Crippen molar-refractivity contribution in [1.29, 1.82) is 0 Å². The van der Waals surface area contributed by atoms with Crippen LogP contribution in [0.25, 0.3) is 10.8 Å². The SMILES string of the molecule is Nc1c(C(=O)O)cc2cc(Br)ccc2c1Cl. The number of halogens is 2. The van der Waals surface area contributed by atoms with E-state index in [-0.39, 0.29) is 16.3 Å². The summed E-state index contributed by atoms with van der Waals surface area (Å²) in [5.74, 6) is -1.08. The van der Waals surface area contributed by atoms with Crippen LogP contribution in [0.3, 0.4) is 0 Å². The van der Waals surface area contributed by atoms with E-state index in [0.717, 1.165) is 15.2 Å². The summed E-state index contributed by atoms with van der Waals surface area (Å²) < 4.78 is 0.858. The van der Waals surface area contributed by atoms with Crippen molar-refractivity contribution in [1.82, 2.24) is 0 Å². The van der Waals surface area contributed by atoms with Crippen LogP contribution in [0.2, 0.25) is 5.02 Å². The maximum Gasteiger partial charge on any atom is 0.337 e. The lowest BCUT2D eigenvalue weighted by atomic mass is 10.1. The first-order chi connectivity index (χ1) is 7.50. The molecule has 0 amide bonds. The number of hydrogen-bond donors (Lipinski definition) is 2. The van der Waals surface area contributed by atoms with Crippen molar-refractivity contribution in [2.24, 2.45) is 0 Å². The number of nitrogen functional groups attached to an aromatic ring is 1. The highest BCUT2D eigenvalue weighted by molar-refractivity contribution is 9.10. The summed E-state index contributed by atoms with van der Waals surface area (Å²) in [6, 6.07) is 6.94. The number of rotatable bonds is 1. The lowest BCUT2D eigenvalue weighted by Gasteiger charge is -2.08. The Bertz CT molecular complexity index is 598. The van der Waals surface area contributed by atoms with Gasteiger partial charge in [-0.15, -0.1) is 0 Å². The largest absolute Gasteiger partial charge is 0.478 e. The van der Waals surface area contributed by atoms with E-state index in [9.17, 15) is 4.79 Å². The molecular formula is C11H7BrClNO2. The summed E-state index contributed by atoms with van der Waals surface area (Å²) >= 11 is 9.34. The van der Waals surface area contributed by atoms with Crippen LogP contribution in [0, 0.1) is 0 Å². The zero-order chi connectivity index (χ0) is 11.9. The van der Waals surface area contributed by atoms with E-state index in [4.69, 9.17) is 22.4 Å². The smallest absolute Gasteiger partial charge is 0.337 e. The Morgan fingerprint density at radius 3 is 2.69 bits per heavy atom. The van der Waals surface area contributed by atoms with E-state index in [1.165, 1.54) is 6.07 Å². The summed E-state index contributed by atoms with van der Waals surface area (Å²) in [6.45, 7) is 0. The summed E-state index contributed by atoms with van der Waals surface area (Å²) in [7, 11) is 0. The molecule has 0 saturated heterocycles. The van der Waals surface area contributed by atoms with Crippen molar-refractivity contribution in [2.45, 2.75) is 0 Å². The van der Waals surface area contributed by atoms with E-state index in [0.29, 0.717) is 0 Å². The van der Waals surface area contributed by atoms with Gasteiger partial charge in [-0.1, -0.05) is 33.6 Å². The third-order valence-electron chi connectivity index (χ3n) is 2.31. The summed E-state index contributed by atoms with van der Waals surface area (Å²) in [5.41, 5.74) is 5.79. The molecule has 0 aliphatic heterocycles. The molecule has 16 heavy (non-hydrogen) atoms. The van der Waals surface area contributed by atoms with Crippen LogP contribution < -0.4 is 5.73 Å². The zero-order valence-corrected chi connectivity index (χ0v) is 10.3. The number of nitrogens with two attached hydrogens (primary N) is 1. The van der Waals surface area contributed by atoms with E-state index >= 15 is 0 Å². The molecule has 0 saturated carbocycles. The monoisotopic (exact) mass is 299 g/mol. The van der Waals surface area contributed by atoms with Gasteiger partial charge in [-0.25, -0.2) is 4.79 Å². The highest BCUT2D eigenvalue weighted by Crippen LogP contribution is 2.33. The molecule has 0 radical (unpaired) electrons. The molecular weight excluding hydrogens is 293 g/mol. The second-order valence-corrected chi connectivity index (χ2v) is 4.62. The Kier molecular flexibility index (Phi) is 2.78. The van der Waals surface area contributed by atoms with Crippen molar-refractivity contribution in [3.63, 3.8) is 0 Å². The fraction of sp³-hybridized carbons (Fsp3) is 0. The van der Waals surface area contributed by atoms with Gasteiger partial charge in [0, 0.05) is 9.86 Å². The number of benzene rings is 2. The molecule has 0 aliphatic rings. The molecule has 0 fully saturated rings. The Hall–Kier alpha value is -1.26. The summed E-state index contributed by atoms with van der Waals surface area (Å²) in [6.07, 6.45) is 0. The first-order valence-corrected chi connectivity index (χ1v) is 5.58. The quantitative estimate of drug-likeness (QED) is 0.792. The first-order valence-electron chi connectivity index (χ1n) is 4.41. The van der Waals surface area contributed by atoms with E-state index in [1.54, 1.807) is 12.1 Å². The zero-order valence-electron chi connectivity index (χ0n) is 8.00. The maximum atomic E-state index is 11.0. The lowest BCUT2D eigenvalue weighted by Crippen LogP contribution is -2.03. The molecule has 0 aromatic heterocycles. The van der Waals surface area contributed by atoms with Gasteiger partial charge in [0.2, 0.25) is 0 Å². The molecule has 3 nitrogen and oxygen atoms in total. The van der Waals surface area contributed by atoms with Gasteiger partial charge in [0.1, 0.15) is 0 Å². The van der Waals surface area contributed by atoms with Crippen LogP contribution in [-0.2, 0) is 0 Å². The normalized spacial score (nSPS) is 10.6. The van der Waals surface area contributed by atoms with Gasteiger partial charge in [0.25, 0.3) is 0 Å². The molecule has 2 rings (SSSR count). The minimum atomic E-state index is -1.08. The van der Waals surface area contributed by atoms with Gasteiger partial charge in [-0.05, 0) is 23.6 Å². The Labute approximate surface area is 105 Å². The van der Waals surface area contributed by atoms with Crippen LogP contribution in [0.1, 0.15) is 10.4 Å².